The Balaban J connectivity index is 1.82. The van der Waals surface area contributed by atoms with Crippen molar-refractivity contribution in [2.75, 3.05) is 6.54 Å². The average molecular weight is 302 g/mol. The maximum absolute atomic E-state index is 13.4. The molecule has 0 aliphatic carbocycles. The van der Waals surface area contributed by atoms with Gasteiger partial charge in [0.25, 0.3) is 0 Å². The van der Waals surface area contributed by atoms with Gasteiger partial charge in [-0.15, -0.1) is 0 Å². The molecule has 2 heterocycles. The van der Waals surface area contributed by atoms with Crippen molar-refractivity contribution in [3.8, 4) is 0 Å². The summed E-state index contributed by atoms with van der Waals surface area (Å²) in [4.78, 5) is 6.45. The van der Waals surface area contributed by atoms with Crippen LogP contribution in [0.1, 0.15) is 42.9 Å². The van der Waals surface area contributed by atoms with Crippen LogP contribution in [-0.4, -0.2) is 16.4 Å². The number of aromatic nitrogens is 1. The smallest absolute Gasteiger partial charge is 0.159 e. The quantitative estimate of drug-likeness (QED) is 0.831. The third kappa shape index (κ3) is 3.50. The van der Waals surface area contributed by atoms with Crippen LogP contribution >= 0.6 is 0 Å². The van der Waals surface area contributed by atoms with E-state index in [0.717, 1.165) is 24.9 Å². The molecule has 1 fully saturated rings. The number of halogens is 2. The second-order valence-electron chi connectivity index (χ2n) is 5.86. The first-order valence-corrected chi connectivity index (χ1v) is 7.82. The van der Waals surface area contributed by atoms with Crippen molar-refractivity contribution < 1.29 is 8.78 Å². The van der Waals surface area contributed by atoms with Gasteiger partial charge in [0.15, 0.2) is 11.6 Å². The molecule has 1 aliphatic rings. The first-order chi connectivity index (χ1) is 10.7. The lowest BCUT2D eigenvalue weighted by molar-refractivity contribution is 0.192. The van der Waals surface area contributed by atoms with E-state index in [9.17, 15) is 8.78 Å². The lowest BCUT2D eigenvalue weighted by Gasteiger charge is -2.30. The highest BCUT2D eigenvalue weighted by atomic mass is 19.2. The van der Waals surface area contributed by atoms with Crippen molar-refractivity contribution in [3.05, 3.63) is 65.5 Å². The predicted molar refractivity (Wildman–Crippen MR) is 82.2 cm³/mol. The number of hydrogen-bond acceptors (Lipinski definition) is 2. The summed E-state index contributed by atoms with van der Waals surface area (Å²) in [6, 6.07) is 8.61. The van der Waals surface area contributed by atoms with Gasteiger partial charge in [0.1, 0.15) is 0 Å². The zero-order valence-corrected chi connectivity index (χ0v) is 12.5. The van der Waals surface area contributed by atoms with Crippen LogP contribution in [-0.2, 0) is 6.54 Å². The minimum atomic E-state index is -0.787. The van der Waals surface area contributed by atoms with Crippen molar-refractivity contribution in [3.63, 3.8) is 0 Å². The monoisotopic (exact) mass is 302 g/mol. The Morgan fingerprint density at radius 2 is 1.82 bits per heavy atom. The van der Waals surface area contributed by atoms with Gasteiger partial charge in [-0.3, -0.25) is 9.88 Å². The van der Waals surface area contributed by atoms with E-state index in [2.05, 4.69) is 9.88 Å². The molecule has 3 rings (SSSR count). The van der Waals surface area contributed by atoms with Crippen LogP contribution in [0, 0.1) is 11.6 Å². The van der Waals surface area contributed by atoms with Gasteiger partial charge in [0.05, 0.1) is 0 Å². The highest BCUT2D eigenvalue weighted by molar-refractivity contribution is 5.20. The van der Waals surface area contributed by atoms with E-state index in [0.29, 0.717) is 12.6 Å². The molecule has 0 bridgehead atoms. The summed E-state index contributed by atoms with van der Waals surface area (Å²) in [5.41, 5.74) is 2.07. The molecule has 4 heteroatoms. The van der Waals surface area contributed by atoms with Gasteiger partial charge in [0, 0.05) is 25.0 Å². The first-order valence-electron chi connectivity index (χ1n) is 7.82. The fraction of sp³-hybridized carbons (Fsp3) is 0.389. The molecule has 1 aliphatic heterocycles. The van der Waals surface area contributed by atoms with E-state index in [1.807, 2.05) is 24.5 Å². The predicted octanol–water partition coefficient (Wildman–Crippen LogP) is 4.48. The first kappa shape index (κ1) is 15.1. The lowest BCUT2D eigenvalue weighted by atomic mass is 10.0. The van der Waals surface area contributed by atoms with Crippen molar-refractivity contribution in [2.24, 2.45) is 0 Å². The molecule has 2 nitrogen and oxygen atoms in total. The van der Waals surface area contributed by atoms with E-state index in [1.54, 1.807) is 6.07 Å². The topological polar surface area (TPSA) is 16.1 Å². The van der Waals surface area contributed by atoms with Gasteiger partial charge in [-0.1, -0.05) is 18.9 Å². The summed E-state index contributed by atoms with van der Waals surface area (Å²) >= 11 is 0. The van der Waals surface area contributed by atoms with E-state index in [-0.39, 0.29) is 0 Å². The Morgan fingerprint density at radius 3 is 2.59 bits per heavy atom. The zero-order chi connectivity index (χ0) is 15.4. The minimum Gasteiger partial charge on any atom is -0.292 e. The summed E-state index contributed by atoms with van der Waals surface area (Å²) in [5, 5.41) is 0. The summed E-state index contributed by atoms with van der Waals surface area (Å²) in [6.07, 6.45) is 8.28. The maximum Gasteiger partial charge on any atom is 0.159 e. The molecule has 0 saturated carbocycles. The van der Waals surface area contributed by atoms with Gasteiger partial charge >= 0.3 is 0 Å². The Morgan fingerprint density at radius 1 is 1.00 bits per heavy atom. The van der Waals surface area contributed by atoms with Crippen LogP contribution in [0.15, 0.2) is 42.7 Å². The fourth-order valence-corrected chi connectivity index (χ4v) is 3.19. The molecule has 1 saturated heterocycles. The third-order valence-corrected chi connectivity index (χ3v) is 4.32. The molecular weight excluding hydrogens is 282 g/mol. The molecule has 1 unspecified atom stereocenters. The zero-order valence-electron chi connectivity index (χ0n) is 12.5. The van der Waals surface area contributed by atoms with Gasteiger partial charge in [-0.2, -0.15) is 0 Å². The van der Waals surface area contributed by atoms with Crippen molar-refractivity contribution in [2.45, 2.75) is 38.3 Å². The molecule has 22 heavy (non-hydrogen) atoms. The third-order valence-electron chi connectivity index (χ3n) is 4.32. The summed E-state index contributed by atoms with van der Waals surface area (Å²) in [6.45, 7) is 1.62. The molecule has 2 aromatic rings. The van der Waals surface area contributed by atoms with Crippen molar-refractivity contribution in [1.82, 2.24) is 9.88 Å². The highest BCUT2D eigenvalue weighted by Gasteiger charge is 2.22. The molecule has 1 aromatic heterocycles. The SMILES string of the molecule is Fc1ccc(CN2CCCCCC2c2ccncc2)cc1F. The standard InChI is InChI=1S/C18H20F2N2/c19-16-6-5-14(12-17(16)20)13-22-11-3-1-2-4-18(22)15-7-9-21-10-8-15/h5-10,12,18H,1-4,11,13H2. The van der Waals surface area contributed by atoms with Crippen LogP contribution < -0.4 is 0 Å². The van der Waals surface area contributed by atoms with E-state index in [4.69, 9.17) is 0 Å². The van der Waals surface area contributed by atoms with Crippen LogP contribution in [0.5, 0.6) is 0 Å². The van der Waals surface area contributed by atoms with E-state index in [1.165, 1.54) is 30.5 Å². The number of hydrogen-bond donors (Lipinski definition) is 0. The number of rotatable bonds is 3. The Hall–Kier alpha value is -1.81. The molecule has 116 valence electrons. The Bertz CT molecular complexity index is 616. The van der Waals surface area contributed by atoms with Gasteiger partial charge in [-0.25, -0.2) is 8.78 Å². The van der Waals surface area contributed by atoms with Crippen LogP contribution in [0.4, 0.5) is 8.78 Å². The fourth-order valence-electron chi connectivity index (χ4n) is 3.19. The molecule has 0 spiro atoms. The van der Waals surface area contributed by atoms with Crippen LogP contribution in [0.25, 0.3) is 0 Å². The van der Waals surface area contributed by atoms with E-state index < -0.39 is 11.6 Å². The Kier molecular flexibility index (Phi) is 4.78. The average Bonchev–Trinajstić information content (AvgIpc) is 2.77. The molecule has 0 amide bonds. The van der Waals surface area contributed by atoms with Crippen molar-refractivity contribution in [1.29, 1.82) is 0 Å². The summed E-state index contributed by atoms with van der Waals surface area (Å²) < 4.78 is 26.5. The van der Waals surface area contributed by atoms with Gasteiger partial charge < -0.3 is 0 Å². The van der Waals surface area contributed by atoms with Crippen LogP contribution in [0.3, 0.4) is 0 Å². The summed E-state index contributed by atoms with van der Waals surface area (Å²) in [7, 11) is 0. The van der Waals surface area contributed by atoms with Crippen molar-refractivity contribution >= 4 is 0 Å². The molecular formula is C18H20F2N2. The molecule has 0 radical (unpaired) electrons. The minimum absolute atomic E-state index is 0.318. The van der Waals surface area contributed by atoms with E-state index >= 15 is 0 Å². The molecule has 0 N–H and O–H groups in total. The number of likely N-dealkylation sites (tertiary alicyclic amines) is 1. The Labute approximate surface area is 129 Å². The van der Waals surface area contributed by atoms with Gasteiger partial charge in [0.2, 0.25) is 0 Å². The number of pyridine rings is 1. The van der Waals surface area contributed by atoms with Crippen LogP contribution in [0.2, 0.25) is 0 Å². The highest BCUT2D eigenvalue weighted by Crippen LogP contribution is 2.31. The molecule has 1 atom stereocenters. The largest absolute Gasteiger partial charge is 0.292 e. The lowest BCUT2D eigenvalue weighted by Crippen LogP contribution is -2.28. The normalized spacial score (nSPS) is 19.8. The maximum atomic E-state index is 13.4. The summed E-state index contributed by atoms with van der Waals surface area (Å²) in [5.74, 6) is -1.56. The second kappa shape index (κ2) is 6.97. The second-order valence-corrected chi connectivity index (χ2v) is 5.86. The molecule has 1 aromatic carbocycles. The number of benzene rings is 1. The number of nitrogens with zero attached hydrogens (tertiary/aromatic N) is 2. The van der Waals surface area contributed by atoms with Gasteiger partial charge in [-0.05, 0) is 54.8 Å².